The Morgan fingerprint density at radius 3 is 2.89 bits per heavy atom. The van der Waals surface area contributed by atoms with Crippen LogP contribution in [-0.2, 0) is 4.79 Å². The van der Waals surface area contributed by atoms with E-state index in [9.17, 15) is 4.79 Å². The number of likely N-dealkylation sites (tertiary alicyclic amines) is 1. The molecule has 2 nitrogen and oxygen atoms in total. The van der Waals surface area contributed by atoms with E-state index in [-0.39, 0.29) is 5.54 Å². The lowest BCUT2D eigenvalue weighted by Crippen LogP contribution is -2.46. The number of rotatable bonds is 3. The molecule has 0 unspecified atom stereocenters. The molecule has 0 spiro atoms. The van der Waals surface area contributed by atoms with Gasteiger partial charge in [-0.25, -0.2) is 0 Å². The average molecular weight is 243 g/mol. The molecule has 1 aromatic rings. The molecule has 2 fully saturated rings. The number of fused-ring (bicyclic) bond motifs is 2. The second-order valence-corrected chi connectivity index (χ2v) is 5.92. The van der Waals surface area contributed by atoms with Crippen molar-refractivity contribution in [1.29, 1.82) is 0 Å². The number of aldehydes is 1. The Morgan fingerprint density at radius 1 is 1.39 bits per heavy atom. The van der Waals surface area contributed by atoms with E-state index in [4.69, 9.17) is 0 Å². The van der Waals surface area contributed by atoms with Crippen molar-refractivity contribution >= 4 is 6.29 Å². The Labute approximate surface area is 109 Å². The molecule has 2 heteroatoms. The summed E-state index contributed by atoms with van der Waals surface area (Å²) in [4.78, 5) is 14.1. The van der Waals surface area contributed by atoms with E-state index in [1.807, 2.05) is 6.07 Å². The van der Waals surface area contributed by atoms with Gasteiger partial charge in [0.05, 0.1) is 5.54 Å². The van der Waals surface area contributed by atoms with Crippen molar-refractivity contribution in [2.75, 3.05) is 6.54 Å². The standard InChI is InChI=1S/C16H21NO/c1-13(15-7-3-2-4-8-15)17-11-14-6-5-9-16(17,10-14)12-18/h2-4,7-8,12-14H,5-6,9-11H2,1H3/t13-,14+,16-/m0/s1. The molecule has 0 aromatic heterocycles. The summed E-state index contributed by atoms with van der Waals surface area (Å²) in [5.41, 5.74) is 1.16. The van der Waals surface area contributed by atoms with Crippen LogP contribution >= 0.6 is 0 Å². The van der Waals surface area contributed by atoms with E-state index in [1.54, 1.807) is 0 Å². The highest BCUT2D eigenvalue weighted by molar-refractivity contribution is 5.65. The van der Waals surface area contributed by atoms with Crippen molar-refractivity contribution in [3.63, 3.8) is 0 Å². The van der Waals surface area contributed by atoms with Gasteiger partial charge in [-0.1, -0.05) is 36.8 Å². The minimum absolute atomic E-state index is 0.168. The van der Waals surface area contributed by atoms with Crippen LogP contribution in [-0.4, -0.2) is 23.3 Å². The lowest BCUT2D eigenvalue weighted by molar-refractivity contribution is -0.119. The van der Waals surface area contributed by atoms with Crippen molar-refractivity contribution < 1.29 is 4.79 Å². The number of carbonyl (C=O) groups excluding carboxylic acids is 1. The highest BCUT2D eigenvalue weighted by Crippen LogP contribution is 2.46. The van der Waals surface area contributed by atoms with Gasteiger partial charge in [-0.15, -0.1) is 0 Å². The first-order valence-electron chi connectivity index (χ1n) is 7.03. The fourth-order valence-corrected chi connectivity index (χ4v) is 3.91. The van der Waals surface area contributed by atoms with E-state index in [0.29, 0.717) is 6.04 Å². The highest BCUT2D eigenvalue weighted by atomic mass is 16.1. The summed E-state index contributed by atoms with van der Waals surface area (Å²) < 4.78 is 0. The number of hydrogen-bond donors (Lipinski definition) is 0. The van der Waals surface area contributed by atoms with Crippen LogP contribution in [0.25, 0.3) is 0 Å². The molecule has 1 saturated carbocycles. The first-order chi connectivity index (χ1) is 8.75. The van der Waals surface area contributed by atoms with E-state index < -0.39 is 0 Å². The van der Waals surface area contributed by atoms with Crippen LogP contribution in [0.3, 0.4) is 0 Å². The molecule has 3 rings (SSSR count). The molecule has 18 heavy (non-hydrogen) atoms. The van der Waals surface area contributed by atoms with Crippen LogP contribution in [0.1, 0.15) is 44.2 Å². The zero-order chi connectivity index (χ0) is 12.6. The summed E-state index contributed by atoms with van der Waals surface area (Å²) in [7, 11) is 0. The van der Waals surface area contributed by atoms with Gasteiger partial charge in [-0.3, -0.25) is 4.90 Å². The van der Waals surface area contributed by atoms with Gasteiger partial charge in [0, 0.05) is 12.6 Å². The molecule has 2 bridgehead atoms. The third kappa shape index (κ3) is 1.79. The Bertz CT molecular complexity index is 430. The summed E-state index contributed by atoms with van der Waals surface area (Å²) >= 11 is 0. The molecule has 1 heterocycles. The van der Waals surface area contributed by atoms with Gasteiger partial charge in [-0.05, 0) is 37.7 Å². The maximum absolute atomic E-state index is 11.6. The van der Waals surface area contributed by atoms with Gasteiger partial charge in [-0.2, -0.15) is 0 Å². The second-order valence-electron chi connectivity index (χ2n) is 5.92. The zero-order valence-electron chi connectivity index (χ0n) is 11.0. The highest BCUT2D eigenvalue weighted by Gasteiger charge is 2.49. The van der Waals surface area contributed by atoms with Crippen LogP contribution in [0, 0.1) is 5.92 Å². The van der Waals surface area contributed by atoms with Gasteiger partial charge < -0.3 is 4.79 Å². The first kappa shape index (κ1) is 11.9. The molecule has 3 atom stereocenters. The van der Waals surface area contributed by atoms with Crippen LogP contribution in [0.15, 0.2) is 30.3 Å². The third-order valence-electron chi connectivity index (χ3n) is 4.86. The van der Waals surface area contributed by atoms with Crippen molar-refractivity contribution in [2.45, 2.75) is 44.2 Å². The minimum atomic E-state index is -0.168. The van der Waals surface area contributed by atoms with Gasteiger partial charge in [0.25, 0.3) is 0 Å². The van der Waals surface area contributed by atoms with Crippen LogP contribution in [0.4, 0.5) is 0 Å². The molecule has 1 aromatic carbocycles. The van der Waals surface area contributed by atoms with E-state index in [0.717, 1.165) is 25.3 Å². The van der Waals surface area contributed by atoms with E-state index in [2.05, 4.69) is 36.1 Å². The second kappa shape index (κ2) is 4.51. The average Bonchev–Trinajstić information content (AvgIpc) is 2.70. The molecule has 0 N–H and O–H groups in total. The maximum atomic E-state index is 11.6. The van der Waals surface area contributed by atoms with Crippen molar-refractivity contribution in [2.24, 2.45) is 5.92 Å². The van der Waals surface area contributed by atoms with Gasteiger partial charge in [0.2, 0.25) is 0 Å². The Balaban J connectivity index is 1.89. The summed E-state index contributed by atoms with van der Waals surface area (Å²) in [6.07, 6.45) is 5.86. The Morgan fingerprint density at radius 2 is 2.17 bits per heavy atom. The largest absolute Gasteiger partial charge is 0.301 e. The third-order valence-corrected chi connectivity index (χ3v) is 4.86. The van der Waals surface area contributed by atoms with Crippen LogP contribution in [0.2, 0.25) is 0 Å². The van der Waals surface area contributed by atoms with Gasteiger partial charge in [0.15, 0.2) is 0 Å². The molecule has 1 aliphatic heterocycles. The Hall–Kier alpha value is -1.15. The molecule has 96 valence electrons. The van der Waals surface area contributed by atoms with Crippen molar-refractivity contribution in [1.82, 2.24) is 4.90 Å². The Kier molecular flexibility index (Phi) is 2.98. The number of benzene rings is 1. The summed E-state index contributed by atoms with van der Waals surface area (Å²) in [6, 6.07) is 10.9. The SMILES string of the molecule is C[C@@H](c1ccccc1)N1C[C@@H]2CCC[C@@]1(C=O)C2. The molecule has 1 saturated heterocycles. The first-order valence-corrected chi connectivity index (χ1v) is 7.03. The monoisotopic (exact) mass is 243 g/mol. The van der Waals surface area contributed by atoms with E-state index >= 15 is 0 Å². The van der Waals surface area contributed by atoms with Gasteiger partial charge in [0.1, 0.15) is 6.29 Å². The fourth-order valence-electron chi connectivity index (χ4n) is 3.91. The van der Waals surface area contributed by atoms with Gasteiger partial charge >= 0.3 is 0 Å². The lowest BCUT2D eigenvalue weighted by atomic mass is 9.80. The van der Waals surface area contributed by atoms with Crippen molar-refractivity contribution in [3.8, 4) is 0 Å². The quantitative estimate of drug-likeness (QED) is 0.760. The summed E-state index contributed by atoms with van der Waals surface area (Å²) in [6.45, 7) is 3.33. The van der Waals surface area contributed by atoms with Crippen LogP contribution in [0.5, 0.6) is 0 Å². The predicted octanol–water partition coefficient (Wildman–Crippen LogP) is 3.19. The molecule has 0 amide bonds. The van der Waals surface area contributed by atoms with Crippen molar-refractivity contribution in [3.05, 3.63) is 35.9 Å². The molecular formula is C16H21NO. The van der Waals surface area contributed by atoms with Crippen LogP contribution < -0.4 is 0 Å². The fraction of sp³-hybridized carbons (Fsp3) is 0.562. The summed E-state index contributed by atoms with van der Waals surface area (Å²) in [5, 5.41) is 0. The van der Waals surface area contributed by atoms with E-state index in [1.165, 1.54) is 24.7 Å². The summed E-state index contributed by atoms with van der Waals surface area (Å²) in [5.74, 6) is 0.732. The molecule has 0 radical (unpaired) electrons. The minimum Gasteiger partial charge on any atom is -0.301 e. The number of hydrogen-bond acceptors (Lipinski definition) is 2. The number of nitrogens with zero attached hydrogens (tertiary/aromatic N) is 1. The smallest absolute Gasteiger partial charge is 0.140 e. The lowest BCUT2D eigenvalue weighted by Gasteiger charge is -2.38. The topological polar surface area (TPSA) is 20.3 Å². The normalized spacial score (nSPS) is 33.3. The zero-order valence-corrected chi connectivity index (χ0v) is 11.0. The molecular weight excluding hydrogens is 222 g/mol. The molecule has 2 aliphatic rings. The predicted molar refractivity (Wildman–Crippen MR) is 72.3 cm³/mol. The molecule has 1 aliphatic carbocycles. The number of carbonyl (C=O) groups is 1. The maximum Gasteiger partial charge on any atom is 0.140 e.